The fraction of sp³-hybridized carbons (Fsp3) is 0.412. The highest BCUT2D eigenvalue weighted by Gasteiger charge is 2.18. The largest absolute Gasteiger partial charge is 0.497 e. The maximum absolute atomic E-state index is 5.30. The van der Waals surface area contributed by atoms with E-state index < -0.39 is 0 Å². The standard InChI is InChI=1S/C17H23NOS/c1-6-18-17(16-10-11(2)13(4)20-16)15-8-7-14(19-5)9-12(15)3/h7-10,17-18H,6H2,1-5H3. The van der Waals surface area contributed by atoms with E-state index in [4.69, 9.17) is 4.74 Å². The molecule has 108 valence electrons. The molecule has 2 rings (SSSR count). The molecule has 2 nitrogen and oxygen atoms in total. The summed E-state index contributed by atoms with van der Waals surface area (Å²) in [7, 11) is 1.71. The van der Waals surface area contributed by atoms with Gasteiger partial charge in [-0.15, -0.1) is 11.3 Å². The van der Waals surface area contributed by atoms with Gasteiger partial charge in [-0.2, -0.15) is 0 Å². The molecule has 0 aliphatic rings. The SMILES string of the molecule is CCNC(c1cc(C)c(C)s1)c1ccc(OC)cc1C. The van der Waals surface area contributed by atoms with Crippen molar-refractivity contribution < 1.29 is 4.74 Å². The first-order valence-electron chi connectivity index (χ1n) is 7.01. The van der Waals surface area contributed by atoms with Crippen LogP contribution in [0.15, 0.2) is 24.3 Å². The number of nitrogens with one attached hydrogen (secondary N) is 1. The summed E-state index contributed by atoms with van der Waals surface area (Å²) >= 11 is 1.88. The summed E-state index contributed by atoms with van der Waals surface area (Å²) < 4.78 is 5.30. The fourth-order valence-electron chi connectivity index (χ4n) is 2.41. The molecule has 20 heavy (non-hydrogen) atoms. The van der Waals surface area contributed by atoms with Gasteiger partial charge in [0.25, 0.3) is 0 Å². The zero-order valence-corrected chi connectivity index (χ0v) is 13.7. The molecular weight excluding hydrogens is 266 g/mol. The molecule has 1 atom stereocenters. The van der Waals surface area contributed by atoms with E-state index in [9.17, 15) is 0 Å². The Balaban J connectivity index is 2.42. The van der Waals surface area contributed by atoms with E-state index in [1.54, 1.807) is 7.11 Å². The van der Waals surface area contributed by atoms with Gasteiger partial charge in [0.1, 0.15) is 5.75 Å². The van der Waals surface area contributed by atoms with Crippen LogP contribution in [-0.2, 0) is 0 Å². The van der Waals surface area contributed by atoms with Crippen molar-refractivity contribution in [3.05, 3.63) is 50.7 Å². The van der Waals surface area contributed by atoms with Crippen molar-refractivity contribution in [2.75, 3.05) is 13.7 Å². The second-order valence-electron chi connectivity index (χ2n) is 5.10. The van der Waals surface area contributed by atoms with Gasteiger partial charge in [-0.3, -0.25) is 0 Å². The van der Waals surface area contributed by atoms with E-state index in [1.165, 1.54) is 26.4 Å². The monoisotopic (exact) mass is 289 g/mol. The van der Waals surface area contributed by atoms with Gasteiger partial charge in [0.15, 0.2) is 0 Å². The molecule has 0 saturated carbocycles. The summed E-state index contributed by atoms with van der Waals surface area (Å²) in [4.78, 5) is 2.78. The molecule has 0 aliphatic carbocycles. The molecule has 1 unspecified atom stereocenters. The normalized spacial score (nSPS) is 12.4. The van der Waals surface area contributed by atoms with E-state index in [-0.39, 0.29) is 6.04 Å². The molecule has 0 radical (unpaired) electrons. The molecule has 0 aliphatic heterocycles. The summed E-state index contributed by atoms with van der Waals surface area (Å²) in [5, 5.41) is 3.60. The summed E-state index contributed by atoms with van der Waals surface area (Å²) in [5.41, 5.74) is 3.96. The van der Waals surface area contributed by atoms with E-state index in [0.717, 1.165) is 12.3 Å². The number of benzene rings is 1. The van der Waals surface area contributed by atoms with Crippen molar-refractivity contribution in [1.29, 1.82) is 0 Å². The second kappa shape index (κ2) is 6.42. The van der Waals surface area contributed by atoms with Crippen LogP contribution < -0.4 is 10.1 Å². The molecule has 0 amide bonds. The molecule has 2 aromatic rings. The maximum atomic E-state index is 5.30. The lowest BCUT2D eigenvalue weighted by Gasteiger charge is -2.19. The quantitative estimate of drug-likeness (QED) is 0.882. The summed E-state index contributed by atoms with van der Waals surface area (Å²) in [5.74, 6) is 0.917. The number of hydrogen-bond donors (Lipinski definition) is 1. The van der Waals surface area contributed by atoms with E-state index in [0.29, 0.717) is 0 Å². The number of ether oxygens (including phenoxy) is 1. The van der Waals surface area contributed by atoms with Crippen LogP contribution in [0, 0.1) is 20.8 Å². The lowest BCUT2D eigenvalue weighted by molar-refractivity contribution is 0.414. The number of methoxy groups -OCH3 is 1. The van der Waals surface area contributed by atoms with Crippen LogP contribution in [0.25, 0.3) is 0 Å². The van der Waals surface area contributed by atoms with Crippen LogP contribution in [0.1, 0.15) is 39.4 Å². The van der Waals surface area contributed by atoms with Crippen molar-refractivity contribution in [1.82, 2.24) is 5.32 Å². The highest BCUT2D eigenvalue weighted by molar-refractivity contribution is 7.12. The Hall–Kier alpha value is -1.32. The van der Waals surface area contributed by atoms with E-state index in [2.05, 4.69) is 51.2 Å². The Bertz CT molecular complexity index is 569. The summed E-state index contributed by atoms with van der Waals surface area (Å²) in [6.07, 6.45) is 0. The molecule has 0 saturated heterocycles. The number of hydrogen-bond acceptors (Lipinski definition) is 3. The fourth-order valence-corrected chi connectivity index (χ4v) is 3.55. The third kappa shape index (κ3) is 3.05. The van der Waals surface area contributed by atoms with E-state index >= 15 is 0 Å². The van der Waals surface area contributed by atoms with Gasteiger partial charge in [0.2, 0.25) is 0 Å². The highest BCUT2D eigenvalue weighted by atomic mass is 32.1. The molecular formula is C17H23NOS. The molecule has 3 heteroatoms. The molecule has 1 N–H and O–H groups in total. The Morgan fingerprint density at radius 1 is 1.15 bits per heavy atom. The van der Waals surface area contributed by atoms with Crippen molar-refractivity contribution in [3.63, 3.8) is 0 Å². The van der Waals surface area contributed by atoms with Gasteiger partial charge in [-0.05, 0) is 62.2 Å². The lowest BCUT2D eigenvalue weighted by Crippen LogP contribution is -2.21. The number of aryl methyl sites for hydroxylation is 3. The van der Waals surface area contributed by atoms with Gasteiger partial charge < -0.3 is 10.1 Å². The van der Waals surface area contributed by atoms with Crippen LogP contribution in [0.4, 0.5) is 0 Å². The van der Waals surface area contributed by atoms with Crippen LogP contribution in [0.5, 0.6) is 5.75 Å². The Kier molecular flexibility index (Phi) is 4.84. The van der Waals surface area contributed by atoms with Crippen LogP contribution >= 0.6 is 11.3 Å². The summed E-state index contributed by atoms with van der Waals surface area (Å²) in [6.45, 7) is 9.62. The Morgan fingerprint density at radius 2 is 1.90 bits per heavy atom. The predicted octanol–water partition coefficient (Wildman–Crippen LogP) is 4.38. The Labute approximate surface area is 125 Å². The van der Waals surface area contributed by atoms with Gasteiger partial charge >= 0.3 is 0 Å². The van der Waals surface area contributed by atoms with E-state index in [1.807, 2.05) is 17.4 Å². The molecule has 0 bridgehead atoms. The maximum Gasteiger partial charge on any atom is 0.119 e. The van der Waals surface area contributed by atoms with Crippen molar-refractivity contribution in [2.24, 2.45) is 0 Å². The Morgan fingerprint density at radius 3 is 2.40 bits per heavy atom. The second-order valence-corrected chi connectivity index (χ2v) is 6.39. The first-order chi connectivity index (χ1) is 9.56. The molecule has 0 fully saturated rings. The molecule has 0 spiro atoms. The smallest absolute Gasteiger partial charge is 0.119 e. The van der Waals surface area contributed by atoms with Crippen molar-refractivity contribution in [2.45, 2.75) is 33.7 Å². The summed E-state index contributed by atoms with van der Waals surface area (Å²) in [6, 6.07) is 8.89. The van der Waals surface area contributed by atoms with Crippen molar-refractivity contribution in [3.8, 4) is 5.75 Å². The van der Waals surface area contributed by atoms with Crippen LogP contribution in [0.2, 0.25) is 0 Å². The average molecular weight is 289 g/mol. The highest BCUT2D eigenvalue weighted by Crippen LogP contribution is 2.33. The zero-order valence-electron chi connectivity index (χ0n) is 12.9. The molecule has 1 heterocycles. The predicted molar refractivity (Wildman–Crippen MR) is 87.0 cm³/mol. The van der Waals surface area contributed by atoms with Crippen LogP contribution in [0.3, 0.4) is 0 Å². The van der Waals surface area contributed by atoms with Gasteiger partial charge in [-0.25, -0.2) is 0 Å². The zero-order chi connectivity index (χ0) is 14.7. The third-order valence-corrected chi connectivity index (χ3v) is 4.88. The minimum atomic E-state index is 0.267. The first-order valence-corrected chi connectivity index (χ1v) is 7.83. The van der Waals surface area contributed by atoms with Gasteiger partial charge in [-0.1, -0.05) is 13.0 Å². The number of thiophene rings is 1. The average Bonchev–Trinajstić information content (AvgIpc) is 2.76. The first kappa shape index (κ1) is 15.1. The number of rotatable bonds is 5. The topological polar surface area (TPSA) is 21.3 Å². The third-order valence-electron chi connectivity index (χ3n) is 3.67. The minimum Gasteiger partial charge on any atom is -0.497 e. The van der Waals surface area contributed by atoms with Crippen LogP contribution in [-0.4, -0.2) is 13.7 Å². The lowest BCUT2D eigenvalue weighted by atomic mass is 9.99. The van der Waals surface area contributed by atoms with Crippen molar-refractivity contribution >= 4 is 11.3 Å². The minimum absolute atomic E-state index is 0.267. The van der Waals surface area contributed by atoms with Gasteiger partial charge in [0.05, 0.1) is 13.2 Å². The molecule has 1 aromatic heterocycles. The molecule has 1 aromatic carbocycles. The van der Waals surface area contributed by atoms with Gasteiger partial charge in [0, 0.05) is 9.75 Å².